The fraction of sp³-hybridized carbons (Fsp3) is 0.286. The lowest BCUT2D eigenvalue weighted by atomic mass is 10.0. The predicted octanol–water partition coefficient (Wildman–Crippen LogP) is 3.06. The van der Waals surface area contributed by atoms with Crippen LogP contribution in [-0.4, -0.2) is 45.9 Å². The number of carbonyl (C=O) groups is 3. The first-order valence-corrected chi connectivity index (χ1v) is 9.26. The molecule has 7 heteroatoms. The molecule has 0 atom stereocenters. The average molecular weight is 379 g/mol. The molecule has 2 amide bonds. The van der Waals surface area contributed by atoms with E-state index in [2.05, 4.69) is 10.3 Å². The number of carboxylic acid groups (broad SMARTS) is 1. The zero-order chi connectivity index (χ0) is 20.0. The van der Waals surface area contributed by atoms with Gasteiger partial charge in [-0.1, -0.05) is 0 Å². The lowest BCUT2D eigenvalue weighted by Crippen LogP contribution is -2.28. The van der Waals surface area contributed by atoms with Gasteiger partial charge in [0, 0.05) is 35.7 Å². The molecule has 2 aliphatic rings. The molecule has 0 spiro atoms. The topological polar surface area (TPSA) is 102 Å². The van der Waals surface area contributed by atoms with E-state index in [1.165, 1.54) is 12.1 Å². The number of likely N-dealkylation sites (tertiary alicyclic amines) is 1. The van der Waals surface area contributed by atoms with Crippen LogP contribution in [0.2, 0.25) is 0 Å². The zero-order valence-electron chi connectivity index (χ0n) is 15.8. The SMILES string of the molecule is Cc1[nH]c(C=C2C(=O)Nc3ccc(C(=O)O)cc32)c(C)c1C(=O)N1CCCC1. The summed E-state index contributed by atoms with van der Waals surface area (Å²) in [5, 5.41) is 12.0. The molecule has 28 heavy (non-hydrogen) atoms. The maximum atomic E-state index is 12.9. The van der Waals surface area contributed by atoms with Crippen molar-refractivity contribution in [2.45, 2.75) is 26.7 Å². The van der Waals surface area contributed by atoms with E-state index >= 15 is 0 Å². The summed E-state index contributed by atoms with van der Waals surface area (Å²) in [4.78, 5) is 41.7. The smallest absolute Gasteiger partial charge is 0.335 e. The Morgan fingerprint density at radius 3 is 2.57 bits per heavy atom. The molecule has 1 aromatic carbocycles. The number of fused-ring (bicyclic) bond motifs is 1. The minimum atomic E-state index is -1.05. The maximum Gasteiger partial charge on any atom is 0.335 e. The summed E-state index contributed by atoms with van der Waals surface area (Å²) < 4.78 is 0. The van der Waals surface area contributed by atoms with Crippen molar-refractivity contribution < 1.29 is 19.5 Å². The molecule has 0 radical (unpaired) electrons. The average Bonchev–Trinajstić information content (AvgIpc) is 3.35. The third-order valence-electron chi connectivity index (χ3n) is 5.42. The van der Waals surface area contributed by atoms with Gasteiger partial charge in [-0.2, -0.15) is 0 Å². The van der Waals surface area contributed by atoms with Crippen molar-refractivity contribution in [2.75, 3.05) is 18.4 Å². The number of nitrogens with zero attached hydrogens (tertiary/aromatic N) is 1. The molecule has 4 rings (SSSR count). The molecule has 144 valence electrons. The van der Waals surface area contributed by atoms with Gasteiger partial charge in [0.25, 0.3) is 11.8 Å². The summed E-state index contributed by atoms with van der Waals surface area (Å²) in [7, 11) is 0. The molecule has 2 aliphatic heterocycles. The second-order valence-electron chi connectivity index (χ2n) is 7.24. The molecule has 1 aromatic heterocycles. The Hall–Kier alpha value is -3.35. The maximum absolute atomic E-state index is 12.9. The third kappa shape index (κ3) is 2.89. The van der Waals surface area contributed by atoms with Crippen LogP contribution in [0.5, 0.6) is 0 Å². The fourth-order valence-electron chi connectivity index (χ4n) is 3.93. The van der Waals surface area contributed by atoms with Crippen LogP contribution < -0.4 is 5.32 Å². The van der Waals surface area contributed by atoms with Gasteiger partial charge in [0.1, 0.15) is 0 Å². The molecule has 7 nitrogen and oxygen atoms in total. The number of hydrogen-bond donors (Lipinski definition) is 3. The largest absolute Gasteiger partial charge is 0.478 e. The minimum Gasteiger partial charge on any atom is -0.478 e. The number of aryl methyl sites for hydroxylation is 1. The molecule has 0 bridgehead atoms. The Balaban J connectivity index is 1.75. The summed E-state index contributed by atoms with van der Waals surface area (Å²) in [6.45, 7) is 5.25. The van der Waals surface area contributed by atoms with E-state index in [0.29, 0.717) is 28.1 Å². The molecular weight excluding hydrogens is 358 g/mol. The van der Waals surface area contributed by atoms with Crippen LogP contribution in [0.15, 0.2) is 18.2 Å². The highest BCUT2D eigenvalue weighted by Gasteiger charge is 2.28. The van der Waals surface area contributed by atoms with Crippen LogP contribution in [0.3, 0.4) is 0 Å². The summed E-state index contributed by atoms with van der Waals surface area (Å²) in [6.07, 6.45) is 3.73. The Morgan fingerprint density at radius 2 is 1.89 bits per heavy atom. The second kappa shape index (κ2) is 6.67. The number of amides is 2. The number of aromatic carboxylic acids is 1. The molecule has 0 unspecified atom stereocenters. The van der Waals surface area contributed by atoms with Gasteiger partial charge in [0.15, 0.2) is 0 Å². The number of benzene rings is 1. The number of aromatic amines is 1. The summed E-state index contributed by atoms with van der Waals surface area (Å²) >= 11 is 0. The van der Waals surface area contributed by atoms with Crippen molar-refractivity contribution in [3.05, 3.63) is 51.8 Å². The Labute approximate surface area is 162 Å². The Bertz CT molecular complexity index is 1040. The predicted molar refractivity (Wildman–Crippen MR) is 105 cm³/mol. The molecule has 1 saturated heterocycles. The van der Waals surface area contributed by atoms with Crippen molar-refractivity contribution in [1.29, 1.82) is 0 Å². The van der Waals surface area contributed by atoms with Gasteiger partial charge in [-0.15, -0.1) is 0 Å². The fourth-order valence-corrected chi connectivity index (χ4v) is 3.93. The lowest BCUT2D eigenvalue weighted by Gasteiger charge is -2.15. The number of rotatable bonds is 3. The monoisotopic (exact) mass is 379 g/mol. The van der Waals surface area contributed by atoms with E-state index in [-0.39, 0.29) is 17.4 Å². The summed E-state index contributed by atoms with van der Waals surface area (Å²) in [6, 6.07) is 4.54. The van der Waals surface area contributed by atoms with Crippen LogP contribution in [0.1, 0.15) is 56.1 Å². The molecule has 1 fully saturated rings. The highest BCUT2D eigenvalue weighted by molar-refractivity contribution is 6.35. The normalized spacial score (nSPS) is 17.1. The van der Waals surface area contributed by atoms with E-state index in [1.807, 2.05) is 18.7 Å². The first-order valence-electron chi connectivity index (χ1n) is 9.26. The van der Waals surface area contributed by atoms with E-state index in [4.69, 9.17) is 0 Å². The molecule has 3 N–H and O–H groups in total. The number of H-pyrrole nitrogens is 1. The van der Waals surface area contributed by atoms with Crippen LogP contribution in [0.25, 0.3) is 11.6 Å². The third-order valence-corrected chi connectivity index (χ3v) is 5.42. The van der Waals surface area contributed by atoms with Crippen molar-refractivity contribution in [3.8, 4) is 0 Å². The molecule has 3 heterocycles. The van der Waals surface area contributed by atoms with Crippen molar-refractivity contribution >= 4 is 35.1 Å². The van der Waals surface area contributed by atoms with Gasteiger partial charge in [-0.25, -0.2) is 4.79 Å². The Kier molecular flexibility index (Phi) is 4.30. The zero-order valence-corrected chi connectivity index (χ0v) is 15.8. The highest BCUT2D eigenvalue weighted by Crippen LogP contribution is 2.35. The first-order chi connectivity index (χ1) is 13.4. The van der Waals surface area contributed by atoms with Gasteiger partial charge in [-0.05, 0) is 56.5 Å². The van der Waals surface area contributed by atoms with Gasteiger partial charge in [0.2, 0.25) is 0 Å². The first kappa shape index (κ1) is 18.0. The van der Waals surface area contributed by atoms with Crippen molar-refractivity contribution in [3.63, 3.8) is 0 Å². The quantitative estimate of drug-likeness (QED) is 0.713. The Morgan fingerprint density at radius 1 is 1.18 bits per heavy atom. The number of carbonyl (C=O) groups excluding carboxylic acids is 2. The van der Waals surface area contributed by atoms with Gasteiger partial charge in [-0.3, -0.25) is 9.59 Å². The van der Waals surface area contributed by atoms with E-state index in [0.717, 1.165) is 37.2 Å². The minimum absolute atomic E-state index is 0.0119. The standard InChI is InChI=1S/C21H21N3O4/c1-11-17(22-12(2)18(11)20(26)24-7-3-4-8-24)10-15-14-9-13(21(27)28)5-6-16(14)23-19(15)25/h5-6,9-10,22H,3-4,7-8H2,1-2H3,(H,23,25)(H,27,28). The van der Waals surface area contributed by atoms with E-state index in [9.17, 15) is 19.5 Å². The van der Waals surface area contributed by atoms with Crippen LogP contribution in [0, 0.1) is 13.8 Å². The summed E-state index contributed by atoms with van der Waals surface area (Å²) in [5.41, 5.74) is 4.50. The van der Waals surface area contributed by atoms with Gasteiger partial charge >= 0.3 is 5.97 Å². The highest BCUT2D eigenvalue weighted by atomic mass is 16.4. The number of aromatic nitrogens is 1. The number of hydrogen-bond acceptors (Lipinski definition) is 3. The van der Waals surface area contributed by atoms with Crippen LogP contribution >= 0.6 is 0 Å². The van der Waals surface area contributed by atoms with Crippen LogP contribution in [-0.2, 0) is 4.79 Å². The molecular formula is C21H21N3O4. The number of carboxylic acids is 1. The molecule has 2 aromatic rings. The van der Waals surface area contributed by atoms with Gasteiger partial charge in [0.05, 0.1) is 16.7 Å². The number of anilines is 1. The molecule has 0 aliphatic carbocycles. The van der Waals surface area contributed by atoms with Crippen molar-refractivity contribution in [1.82, 2.24) is 9.88 Å². The van der Waals surface area contributed by atoms with E-state index < -0.39 is 5.97 Å². The lowest BCUT2D eigenvalue weighted by molar-refractivity contribution is -0.110. The molecule has 0 saturated carbocycles. The second-order valence-corrected chi connectivity index (χ2v) is 7.24. The van der Waals surface area contributed by atoms with Crippen LogP contribution in [0.4, 0.5) is 5.69 Å². The number of nitrogens with one attached hydrogen (secondary N) is 2. The van der Waals surface area contributed by atoms with Gasteiger partial charge < -0.3 is 20.3 Å². The van der Waals surface area contributed by atoms with E-state index in [1.54, 1.807) is 12.1 Å². The summed E-state index contributed by atoms with van der Waals surface area (Å²) in [5.74, 6) is -1.33. The van der Waals surface area contributed by atoms with Crippen molar-refractivity contribution in [2.24, 2.45) is 0 Å².